The summed E-state index contributed by atoms with van der Waals surface area (Å²) >= 11 is 0. The number of likely N-dealkylation sites (tertiary alicyclic amines) is 1. The summed E-state index contributed by atoms with van der Waals surface area (Å²) in [6.07, 6.45) is 4.75. The van der Waals surface area contributed by atoms with Crippen LogP contribution in [0.25, 0.3) is 0 Å². The minimum atomic E-state index is -0.687. The Labute approximate surface area is 174 Å². The third-order valence-corrected chi connectivity index (χ3v) is 5.80. The maximum atomic E-state index is 13.0. The molecule has 1 atom stereocenters. The van der Waals surface area contributed by atoms with Crippen LogP contribution in [-0.2, 0) is 22.6 Å². The number of benzene rings is 1. The number of nitrogens with two attached hydrogens (primary N) is 1. The monoisotopic (exact) mass is 407 g/mol. The van der Waals surface area contributed by atoms with Crippen LogP contribution in [0.5, 0.6) is 0 Å². The molecule has 0 bridgehead atoms. The number of piperidine rings is 1. The third-order valence-electron chi connectivity index (χ3n) is 5.80. The second-order valence-electron chi connectivity index (χ2n) is 7.69. The maximum Gasteiger partial charge on any atom is 0.313 e. The van der Waals surface area contributed by atoms with Gasteiger partial charge >= 0.3 is 11.8 Å². The molecule has 0 radical (unpaired) electrons. The van der Waals surface area contributed by atoms with Crippen molar-refractivity contribution >= 4 is 29.2 Å². The first-order valence-electron chi connectivity index (χ1n) is 10.2. The number of nitrogen functional groups attached to an aromatic ring is 1. The number of carbonyl (C=O) groups is 3. The fraction of sp³-hybridized carbons (Fsp3) is 0.364. The van der Waals surface area contributed by atoms with Gasteiger partial charge in [-0.3, -0.25) is 14.4 Å². The molecule has 0 aliphatic carbocycles. The van der Waals surface area contributed by atoms with Crippen molar-refractivity contribution in [3.8, 4) is 0 Å². The summed E-state index contributed by atoms with van der Waals surface area (Å²) in [6, 6.07) is 7.21. The number of pyridine rings is 1. The fourth-order valence-corrected chi connectivity index (χ4v) is 4.17. The summed E-state index contributed by atoms with van der Waals surface area (Å²) in [4.78, 5) is 43.2. The average molecular weight is 407 g/mol. The van der Waals surface area contributed by atoms with Crippen LogP contribution >= 0.6 is 0 Å². The lowest BCUT2D eigenvalue weighted by Crippen LogP contribution is -2.44. The van der Waals surface area contributed by atoms with Crippen LogP contribution in [0.1, 0.15) is 59.3 Å². The van der Waals surface area contributed by atoms with Crippen LogP contribution in [-0.4, -0.2) is 34.2 Å². The molecule has 8 heteroatoms. The Morgan fingerprint density at radius 2 is 2.13 bits per heavy atom. The van der Waals surface area contributed by atoms with E-state index in [9.17, 15) is 14.4 Å². The zero-order valence-corrected chi connectivity index (χ0v) is 16.9. The molecule has 0 unspecified atom stereocenters. The van der Waals surface area contributed by atoms with Gasteiger partial charge in [0, 0.05) is 18.7 Å². The summed E-state index contributed by atoms with van der Waals surface area (Å²) in [7, 11) is 0. The number of hydrogen-bond acceptors (Lipinski definition) is 5. The van der Waals surface area contributed by atoms with Crippen molar-refractivity contribution in [1.29, 1.82) is 0 Å². The molecule has 2 aromatic rings. The first-order chi connectivity index (χ1) is 14.5. The number of aryl methyl sites for hydroxylation is 1. The summed E-state index contributed by atoms with van der Waals surface area (Å²) in [5.41, 5.74) is 9.64. The lowest BCUT2D eigenvalue weighted by molar-refractivity contribution is -0.145. The molecule has 1 aromatic heterocycles. The maximum absolute atomic E-state index is 13.0. The second kappa shape index (κ2) is 8.14. The summed E-state index contributed by atoms with van der Waals surface area (Å²) < 4.78 is 0. The quantitative estimate of drug-likeness (QED) is 0.674. The van der Waals surface area contributed by atoms with Crippen LogP contribution in [0, 0.1) is 0 Å². The normalized spacial score (nSPS) is 18.0. The number of aromatic nitrogens is 1. The van der Waals surface area contributed by atoms with E-state index in [1.165, 1.54) is 6.20 Å². The van der Waals surface area contributed by atoms with Crippen molar-refractivity contribution < 1.29 is 14.4 Å². The topological polar surface area (TPSA) is 117 Å². The first kappa shape index (κ1) is 19.9. The SMILES string of the molecule is CCc1cc(NC(=O)C(=O)N2CCCC[C@H]2c2ccc3c(c2)CNC3=O)cnc1N. The van der Waals surface area contributed by atoms with E-state index in [0.29, 0.717) is 36.6 Å². The fourth-order valence-electron chi connectivity index (χ4n) is 4.17. The van der Waals surface area contributed by atoms with E-state index in [1.54, 1.807) is 17.0 Å². The molecule has 2 aliphatic heterocycles. The highest BCUT2D eigenvalue weighted by Gasteiger charge is 2.32. The summed E-state index contributed by atoms with van der Waals surface area (Å²) in [5.74, 6) is -0.906. The number of nitrogens with one attached hydrogen (secondary N) is 2. The van der Waals surface area contributed by atoms with E-state index in [1.807, 2.05) is 19.1 Å². The van der Waals surface area contributed by atoms with Gasteiger partial charge in [0.1, 0.15) is 5.82 Å². The molecule has 156 valence electrons. The summed E-state index contributed by atoms with van der Waals surface area (Å²) in [6.45, 7) is 2.96. The standard InChI is InChI=1S/C22H25N5O3/c1-2-13-10-16(12-24-19(13)23)26-21(29)22(30)27-8-4-3-5-18(27)14-6-7-17-15(9-14)11-25-20(17)28/h6-7,9-10,12,18H,2-5,8,11H2,1H3,(H2,23,24)(H,25,28)(H,26,29)/t18-/m0/s1. The van der Waals surface area contributed by atoms with Crippen molar-refractivity contribution in [1.82, 2.24) is 15.2 Å². The highest BCUT2D eigenvalue weighted by Crippen LogP contribution is 2.33. The van der Waals surface area contributed by atoms with Gasteiger partial charge in [-0.25, -0.2) is 4.98 Å². The van der Waals surface area contributed by atoms with Gasteiger partial charge in [0.25, 0.3) is 5.91 Å². The molecule has 3 heterocycles. The van der Waals surface area contributed by atoms with Crippen LogP contribution in [0.2, 0.25) is 0 Å². The van der Waals surface area contributed by atoms with Gasteiger partial charge in [-0.1, -0.05) is 19.1 Å². The molecule has 4 N–H and O–H groups in total. The molecule has 0 spiro atoms. The highest BCUT2D eigenvalue weighted by molar-refractivity contribution is 6.39. The van der Waals surface area contributed by atoms with Gasteiger partial charge in [0.15, 0.2) is 0 Å². The smallest absolute Gasteiger partial charge is 0.313 e. The van der Waals surface area contributed by atoms with Gasteiger partial charge in [0.2, 0.25) is 0 Å². The number of hydrogen-bond donors (Lipinski definition) is 3. The number of fused-ring (bicyclic) bond motifs is 1. The molecular weight excluding hydrogens is 382 g/mol. The summed E-state index contributed by atoms with van der Waals surface area (Å²) in [5, 5.41) is 5.47. The van der Waals surface area contributed by atoms with Crippen molar-refractivity contribution in [3.63, 3.8) is 0 Å². The molecule has 1 aromatic carbocycles. The number of amides is 3. The second-order valence-corrected chi connectivity index (χ2v) is 7.69. The van der Waals surface area contributed by atoms with Gasteiger partial charge in [0.05, 0.1) is 17.9 Å². The largest absolute Gasteiger partial charge is 0.383 e. The van der Waals surface area contributed by atoms with E-state index in [0.717, 1.165) is 36.0 Å². The average Bonchev–Trinajstić information content (AvgIpc) is 3.14. The Bertz CT molecular complexity index is 1020. The van der Waals surface area contributed by atoms with Crippen molar-refractivity contribution in [2.45, 2.75) is 45.2 Å². The van der Waals surface area contributed by atoms with Gasteiger partial charge < -0.3 is 21.3 Å². The van der Waals surface area contributed by atoms with Crippen LogP contribution in [0.15, 0.2) is 30.5 Å². The molecule has 4 rings (SSSR count). The van der Waals surface area contributed by atoms with E-state index < -0.39 is 11.8 Å². The number of rotatable bonds is 3. The molecule has 2 aliphatic rings. The molecule has 8 nitrogen and oxygen atoms in total. The third kappa shape index (κ3) is 3.72. The Hall–Kier alpha value is -3.42. The van der Waals surface area contributed by atoms with Crippen LogP contribution in [0.3, 0.4) is 0 Å². The predicted octanol–water partition coefficient (Wildman–Crippen LogP) is 2.16. The molecule has 1 saturated heterocycles. The van der Waals surface area contributed by atoms with Crippen LogP contribution < -0.4 is 16.4 Å². The molecule has 1 fully saturated rings. The minimum absolute atomic E-state index is 0.0731. The zero-order chi connectivity index (χ0) is 21.3. The van der Waals surface area contributed by atoms with Crippen molar-refractivity contribution in [2.24, 2.45) is 0 Å². The lowest BCUT2D eigenvalue weighted by Gasteiger charge is -2.35. The number of anilines is 2. The molecule has 30 heavy (non-hydrogen) atoms. The van der Waals surface area contributed by atoms with Crippen LogP contribution in [0.4, 0.5) is 11.5 Å². The zero-order valence-electron chi connectivity index (χ0n) is 16.9. The Morgan fingerprint density at radius 1 is 1.30 bits per heavy atom. The van der Waals surface area contributed by atoms with E-state index in [2.05, 4.69) is 15.6 Å². The van der Waals surface area contributed by atoms with Crippen molar-refractivity contribution in [3.05, 3.63) is 52.7 Å². The minimum Gasteiger partial charge on any atom is -0.383 e. The number of carbonyl (C=O) groups excluding carboxylic acids is 3. The predicted molar refractivity (Wildman–Crippen MR) is 113 cm³/mol. The van der Waals surface area contributed by atoms with Gasteiger partial charge in [-0.2, -0.15) is 0 Å². The number of nitrogens with zero attached hydrogens (tertiary/aromatic N) is 2. The Kier molecular flexibility index (Phi) is 5.39. The lowest BCUT2D eigenvalue weighted by atomic mass is 9.93. The molecule has 3 amide bonds. The highest BCUT2D eigenvalue weighted by atomic mass is 16.2. The van der Waals surface area contributed by atoms with E-state index >= 15 is 0 Å². The first-order valence-corrected chi connectivity index (χ1v) is 10.2. The van der Waals surface area contributed by atoms with Crippen molar-refractivity contribution in [2.75, 3.05) is 17.6 Å². The van der Waals surface area contributed by atoms with E-state index in [-0.39, 0.29) is 11.9 Å². The van der Waals surface area contributed by atoms with E-state index in [4.69, 9.17) is 5.73 Å². The van der Waals surface area contributed by atoms with Gasteiger partial charge in [-0.05, 0) is 54.5 Å². The Balaban J connectivity index is 1.53. The Morgan fingerprint density at radius 3 is 2.93 bits per heavy atom. The molecule has 0 saturated carbocycles. The molecular formula is C22H25N5O3. The van der Waals surface area contributed by atoms with Gasteiger partial charge in [-0.15, -0.1) is 0 Å².